The second-order valence-electron chi connectivity index (χ2n) is 2.66. The summed E-state index contributed by atoms with van der Waals surface area (Å²) in [6.07, 6.45) is 0. The fourth-order valence-corrected chi connectivity index (χ4v) is 0.856. The van der Waals surface area contributed by atoms with Gasteiger partial charge in [-0.25, -0.2) is 9.59 Å². The van der Waals surface area contributed by atoms with Gasteiger partial charge in [-0.1, -0.05) is 25.2 Å². The van der Waals surface area contributed by atoms with Crippen molar-refractivity contribution in [3.05, 3.63) is 35.4 Å². The molecule has 1 aromatic carbocycles. The second kappa shape index (κ2) is 6.78. The third kappa shape index (κ3) is 4.41. The molecule has 15 heavy (non-hydrogen) atoms. The van der Waals surface area contributed by atoms with Crippen LogP contribution in [0, 0.1) is 0 Å². The van der Waals surface area contributed by atoms with Gasteiger partial charge in [0, 0.05) is 9.52 Å². The topological polar surface area (TPSA) is 74.6 Å². The van der Waals surface area contributed by atoms with Gasteiger partial charge >= 0.3 is 11.9 Å². The van der Waals surface area contributed by atoms with Gasteiger partial charge in [0.05, 0.1) is 11.1 Å². The number of carbonyl (C=O) groups is 2. The van der Waals surface area contributed by atoms with Gasteiger partial charge in [0.2, 0.25) is 0 Å². The highest BCUT2D eigenvalue weighted by Crippen LogP contribution is 2.07. The van der Waals surface area contributed by atoms with Crippen LogP contribution in [0.4, 0.5) is 0 Å². The van der Waals surface area contributed by atoms with Gasteiger partial charge in [-0.15, -0.1) is 0 Å². The van der Waals surface area contributed by atoms with Crippen molar-refractivity contribution in [3.8, 4) is 0 Å². The maximum absolute atomic E-state index is 10.5. The van der Waals surface area contributed by atoms with Crippen LogP contribution in [0.1, 0.15) is 20.7 Å². The fraction of sp³-hybridized carbons (Fsp3) is 0.200. The van der Waals surface area contributed by atoms with E-state index in [1.807, 2.05) is 0 Å². The Hall–Kier alpha value is -1.62. The van der Waals surface area contributed by atoms with Gasteiger partial charge < -0.3 is 10.2 Å². The van der Waals surface area contributed by atoms with Crippen LogP contribution in [0.15, 0.2) is 24.3 Å². The highest BCUT2D eigenvalue weighted by Gasteiger charge is 2.13. The first-order chi connectivity index (χ1) is 7.04. The summed E-state index contributed by atoms with van der Waals surface area (Å²) >= 11 is 0. The molecular weight excluding hydrogens is 212 g/mol. The zero-order valence-corrected chi connectivity index (χ0v) is 9.52. The van der Waals surface area contributed by atoms with Crippen LogP contribution in [0.5, 0.6) is 0 Å². The van der Waals surface area contributed by atoms with Crippen LogP contribution in [-0.4, -0.2) is 31.7 Å². The minimum Gasteiger partial charge on any atom is -0.478 e. The highest BCUT2D eigenvalue weighted by molar-refractivity contribution is 6.31. The van der Waals surface area contributed by atoms with Gasteiger partial charge in [-0.2, -0.15) is 0 Å². The summed E-state index contributed by atoms with van der Waals surface area (Å²) in [4.78, 5) is 20.9. The predicted molar refractivity (Wildman–Crippen MR) is 57.8 cm³/mol. The van der Waals surface area contributed by atoms with E-state index in [-0.39, 0.29) is 11.1 Å². The largest absolute Gasteiger partial charge is 0.478 e. The number of hydrogen-bond donors (Lipinski definition) is 2. The third-order valence-corrected chi connectivity index (χ3v) is 1.39. The molecule has 0 saturated heterocycles. The lowest BCUT2D eigenvalue weighted by molar-refractivity contribution is 0.0651. The summed E-state index contributed by atoms with van der Waals surface area (Å²) in [5, 5.41) is 17.1. The maximum Gasteiger partial charge on any atom is 0.336 e. The summed E-state index contributed by atoms with van der Waals surface area (Å²) in [5.74, 6) is -2.46. The standard InChI is InChI=1S/C8H6O4.C2H6Si/c9-7(10)5-3-1-2-4-6(5)8(11)12;1-3-2/h1-4H,(H,9,10)(H,11,12);1-2H3. The second-order valence-corrected chi connectivity index (χ2v) is 3.66. The van der Waals surface area contributed by atoms with Crippen LogP contribution in [-0.2, 0) is 0 Å². The van der Waals surface area contributed by atoms with E-state index >= 15 is 0 Å². The van der Waals surface area contributed by atoms with E-state index < -0.39 is 11.9 Å². The van der Waals surface area contributed by atoms with Gasteiger partial charge in [-0.05, 0) is 12.1 Å². The number of rotatable bonds is 2. The monoisotopic (exact) mass is 224 g/mol. The number of carboxylic acids is 2. The molecule has 0 amide bonds. The molecule has 0 heterocycles. The van der Waals surface area contributed by atoms with Crippen molar-refractivity contribution in [1.82, 2.24) is 0 Å². The Morgan fingerprint density at radius 1 is 1.00 bits per heavy atom. The summed E-state index contributed by atoms with van der Waals surface area (Å²) in [7, 11) is 1.08. The molecule has 0 fully saturated rings. The first-order valence-corrected chi connectivity index (χ1v) is 6.18. The van der Waals surface area contributed by atoms with E-state index in [1.165, 1.54) is 24.3 Å². The minimum atomic E-state index is -1.23. The molecule has 5 heteroatoms. The van der Waals surface area contributed by atoms with Crippen LogP contribution >= 0.6 is 0 Å². The van der Waals surface area contributed by atoms with Crippen molar-refractivity contribution in [1.29, 1.82) is 0 Å². The van der Waals surface area contributed by atoms with Gasteiger partial charge in [0.25, 0.3) is 0 Å². The van der Waals surface area contributed by atoms with Crippen LogP contribution < -0.4 is 0 Å². The Balaban J connectivity index is 0.000000583. The summed E-state index contributed by atoms with van der Waals surface area (Å²) in [6.45, 7) is 4.31. The molecule has 1 rings (SSSR count). The average Bonchev–Trinajstić information content (AvgIpc) is 2.19. The highest BCUT2D eigenvalue weighted by atomic mass is 28.2. The van der Waals surface area contributed by atoms with Crippen LogP contribution in [0.25, 0.3) is 0 Å². The summed E-state index contributed by atoms with van der Waals surface area (Å²) < 4.78 is 0. The lowest BCUT2D eigenvalue weighted by Crippen LogP contribution is -2.06. The van der Waals surface area contributed by atoms with Crippen molar-refractivity contribution >= 4 is 21.5 Å². The molecule has 80 valence electrons. The Morgan fingerprint density at radius 3 is 1.47 bits per heavy atom. The number of hydrogen-bond acceptors (Lipinski definition) is 2. The molecule has 0 atom stereocenters. The van der Waals surface area contributed by atoms with E-state index in [9.17, 15) is 9.59 Å². The average molecular weight is 224 g/mol. The Morgan fingerprint density at radius 2 is 1.27 bits per heavy atom. The van der Waals surface area contributed by atoms with Gasteiger partial charge in [-0.3, -0.25) is 0 Å². The van der Waals surface area contributed by atoms with E-state index in [0.717, 1.165) is 9.52 Å². The van der Waals surface area contributed by atoms with Crippen molar-refractivity contribution in [2.75, 3.05) is 0 Å². The van der Waals surface area contributed by atoms with Crippen LogP contribution in [0.3, 0.4) is 0 Å². The van der Waals surface area contributed by atoms with E-state index in [1.54, 1.807) is 0 Å². The van der Waals surface area contributed by atoms with Crippen molar-refractivity contribution in [2.24, 2.45) is 0 Å². The molecule has 0 aromatic heterocycles. The number of benzene rings is 1. The Bertz CT molecular complexity index is 316. The molecule has 0 aliphatic carbocycles. The Labute approximate surface area is 90.4 Å². The first-order valence-electron chi connectivity index (χ1n) is 4.18. The minimum absolute atomic E-state index is 0.190. The first kappa shape index (κ1) is 13.4. The molecule has 1 aromatic rings. The molecule has 0 bridgehead atoms. The predicted octanol–water partition coefficient (Wildman–Crippen LogP) is 1.87. The normalized spacial score (nSPS) is 8.67. The van der Waals surface area contributed by atoms with Crippen LogP contribution in [0.2, 0.25) is 13.1 Å². The molecule has 0 unspecified atom stereocenters. The zero-order valence-electron chi connectivity index (χ0n) is 8.52. The third-order valence-electron chi connectivity index (χ3n) is 1.39. The fourth-order valence-electron chi connectivity index (χ4n) is 0.856. The Kier molecular flexibility index (Phi) is 6.04. The molecule has 0 aliphatic rings. The lowest BCUT2D eigenvalue weighted by Gasteiger charge is -1.98. The van der Waals surface area contributed by atoms with E-state index in [2.05, 4.69) is 13.1 Å². The molecule has 0 aliphatic heterocycles. The molecule has 0 spiro atoms. The molecule has 0 saturated carbocycles. The molecule has 2 N–H and O–H groups in total. The quantitative estimate of drug-likeness (QED) is 0.752. The van der Waals surface area contributed by atoms with E-state index in [0.29, 0.717) is 0 Å². The smallest absolute Gasteiger partial charge is 0.336 e. The maximum atomic E-state index is 10.5. The van der Waals surface area contributed by atoms with Crippen molar-refractivity contribution < 1.29 is 19.8 Å². The zero-order chi connectivity index (χ0) is 11.8. The van der Waals surface area contributed by atoms with Crippen molar-refractivity contribution in [3.63, 3.8) is 0 Å². The van der Waals surface area contributed by atoms with Crippen molar-refractivity contribution in [2.45, 2.75) is 13.1 Å². The molecule has 2 radical (unpaired) electrons. The molecule has 4 nitrogen and oxygen atoms in total. The SMILES string of the molecule is C[Si]C.O=C(O)c1ccccc1C(=O)O. The summed E-state index contributed by atoms with van der Waals surface area (Å²) in [6, 6.07) is 5.48. The number of carboxylic acid groups (broad SMARTS) is 2. The van der Waals surface area contributed by atoms with Gasteiger partial charge in [0.15, 0.2) is 0 Å². The van der Waals surface area contributed by atoms with E-state index in [4.69, 9.17) is 10.2 Å². The summed E-state index contributed by atoms with van der Waals surface area (Å²) in [5.41, 5.74) is -0.380. The molecular formula is C10H12O4Si. The number of aromatic carboxylic acids is 2. The van der Waals surface area contributed by atoms with Gasteiger partial charge in [0.1, 0.15) is 0 Å². The lowest BCUT2D eigenvalue weighted by atomic mass is 10.1.